The Morgan fingerprint density at radius 3 is 2.57 bits per heavy atom. The van der Waals surface area contributed by atoms with E-state index >= 15 is 0 Å². The van der Waals surface area contributed by atoms with Crippen molar-refractivity contribution in [1.29, 1.82) is 0 Å². The molecule has 2 aliphatic carbocycles. The second kappa shape index (κ2) is 5.88. The van der Waals surface area contributed by atoms with Crippen LogP contribution < -0.4 is 5.32 Å². The smallest absolute Gasteiger partial charge is 0.305 e. The highest BCUT2D eigenvalue weighted by Gasteiger charge is 2.33. The molecule has 21 heavy (non-hydrogen) atoms. The number of rotatable bonds is 5. The number of aryl methyl sites for hydroxylation is 2. The topological polar surface area (TPSA) is 66.4 Å². The zero-order valence-electron chi connectivity index (χ0n) is 12.1. The van der Waals surface area contributed by atoms with Crippen LogP contribution in [0.2, 0.25) is 0 Å². The monoisotopic (exact) mass is 287 g/mol. The Labute approximate surface area is 124 Å². The van der Waals surface area contributed by atoms with Crippen molar-refractivity contribution in [2.24, 2.45) is 5.92 Å². The molecule has 1 aromatic carbocycles. The number of carboxylic acids is 1. The van der Waals surface area contributed by atoms with Crippen LogP contribution in [0.25, 0.3) is 0 Å². The second-order valence-electron chi connectivity index (χ2n) is 6.21. The fourth-order valence-corrected chi connectivity index (χ4v) is 3.15. The first-order chi connectivity index (χ1) is 10.1. The molecule has 1 saturated carbocycles. The van der Waals surface area contributed by atoms with Gasteiger partial charge in [-0.3, -0.25) is 9.59 Å². The highest BCUT2D eigenvalue weighted by atomic mass is 16.4. The molecular weight excluding hydrogens is 266 g/mol. The lowest BCUT2D eigenvalue weighted by Crippen LogP contribution is -2.38. The summed E-state index contributed by atoms with van der Waals surface area (Å²) in [6.07, 6.45) is 6.59. The van der Waals surface area contributed by atoms with E-state index in [-0.39, 0.29) is 18.4 Å². The third kappa shape index (κ3) is 3.43. The molecule has 112 valence electrons. The summed E-state index contributed by atoms with van der Waals surface area (Å²) in [6, 6.07) is 5.66. The second-order valence-corrected chi connectivity index (χ2v) is 6.21. The van der Waals surface area contributed by atoms with Crippen LogP contribution >= 0.6 is 0 Å². The number of carbonyl (C=O) groups is 2. The summed E-state index contributed by atoms with van der Waals surface area (Å²) in [7, 11) is 0. The minimum absolute atomic E-state index is 0.0152. The molecule has 1 fully saturated rings. The summed E-state index contributed by atoms with van der Waals surface area (Å²) >= 11 is 0. The number of carboxylic acid groups (broad SMARTS) is 1. The average molecular weight is 287 g/mol. The quantitative estimate of drug-likeness (QED) is 0.874. The molecule has 0 heterocycles. The van der Waals surface area contributed by atoms with Gasteiger partial charge in [-0.25, -0.2) is 0 Å². The van der Waals surface area contributed by atoms with Crippen molar-refractivity contribution in [1.82, 2.24) is 5.32 Å². The maximum atomic E-state index is 12.4. The van der Waals surface area contributed by atoms with E-state index in [1.165, 1.54) is 24.0 Å². The average Bonchev–Trinajstić information content (AvgIpc) is 3.30. The van der Waals surface area contributed by atoms with Crippen molar-refractivity contribution < 1.29 is 14.7 Å². The molecule has 0 aliphatic heterocycles. The normalized spacial score (nSPS) is 18.7. The van der Waals surface area contributed by atoms with Crippen LogP contribution in [0.15, 0.2) is 18.2 Å². The summed E-state index contributed by atoms with van der Waals surface area (Å²) in [5.41, 5.74) is 3.28. The van der Waals surface area contributed by atoms with Gasteiger partial charge in [-0.15, -0.1) is 0 Å². The van der Waals surface area contributed by atoms with Gasteiger partial charge in [0.15, 0.2) is 0 Å². The van der Waals surface area contributed by atoms with E-state index in [9.17, 15) is 9.59 Å². The Bertz CT molecular complexity index is 563. The van der Waals surface area contributed by atoms with E-state index in [0.29, 0.717) is 11.5 Å². The van der Waals surface area contributed by atoms with Gasteiger partial charge in [0.25, 0.3) is 5.91 Å². The molecule has 2 aliphatic rings. The molecule has 1 aromatic rings. The number of fused-ring (bicyclic) bond motifs is 1. The predicted octanol–water partition coefficient (Wildman–Crippen LogP) is 2.55. The minimum Gasteiger partial charge on any atom is -0.481 e. The van der Waals surface area contributed by atoms with Crippen LogP contribution in [0.1, 0.15) is 53.6 Å². The van der Waals surface area contributed by atoms with Crippen molar-refractivity contribution in [3.05, 3.63) is 34.9 Å². The van der Waals surface area contributed by atoms with Gasteiger partial charge in [0.2, 0.25) is 0 Å². The van der Waals surface area contributed by atoms with Crippen LogP contribution in [0.3, 0.4) is 0 Å². The number of aliphatic carboxylic acids is 1. The Kier molecular flexibility index (Phi) is 3.95. The summed E-state index contributed by atoms with van der Waals surface area (Å²) < 4.78 is 0. The van der Waals surface area contributed by atoms with Gasteiger partial charge in [0.05, 0.1) is 6.42 Å². The molecule has 0 saturated heterocycles. The van der Waals surface area contributed by atoms with Gasteiger partial charge < -0.3 is 10.4 Å². The Hall–Kier alpha value is -1.84. The lowest BCUT2D eigenvalue weighted by atomic mass is 9.90. The predicted molar refractivity (Wildman–Crippen MR) is 79.3 cm³/mol. The molecule has 1 atom stereocenters. The molecule has 2 N–H and O–H groups in total. The molecule has 0 bridgehead atoms. The van der Waals surface area contributed by atoms with E-state index in [1.807, 2.05) is 18.2 Å². The summed E-state index contributed by atoms with van der Waals surface area (Å²) in [5, 5.41) is 11.9. The van der Waals surface area contributed by atoms with E-state index in [1.54, 1.807) is 0 Å². The number of hydrogen-bond donors (Lipinski definition) is 2. The number of amides is 1. The van der Waals surface area contributed by atoms with Crippen molar-refractivity contribution >= 4 is 11.9 Å². The Morgan fingerprint density at radius 1 is 1.19 bits per heavy atom. The van der Waals surface area contributed by atoms with E-state index in [4.69, 9.17) is 5.11 Å². The Balaban J connectivity index is 1.70. The van der Waals surface area contributed by atoms with Crippen molar-refractivity contribution in [2.75, 3.05) is 0 Å². The van der Waals surface area contributed by atoms with Gasteiger partial charge in [-0.05, 0) is 67.7 Å². The minimum atomic E-state index is -0.849. The van der Waals surface area contributed by atoms with Gasteiger partial charge >= 0.3 is 5.97 Å². The van der Waals surface area contributed by atoms with Gasteiger partial charge in [-0.2, -0.15) is 0 Å². The van der Waals surface area contributed by atoms with E-state index < -0.39 is 5.97 Å². The summed E-state index contributed by atoms with van der Waals surface area (Å²) in [4.78, 5) is 23.3. The first kappa shape index (κ1) is 14.1. The first-order valence-electron chi connectivity index (χ1n) is 7.78. The largest absolute Gasteiger partial charge is 0.481 e. The van der Waals surface area contributed by atoms with Gasteiger partial charge in [0.1, 0.15) is 0 Å². The molecule has 1 amide bonds. The molecule has 0 aromatic heterocycles. The lowest BCUT2D eigenvalue weighted by molar-refractivity contribution is -0.137. The summed E-state index contributed by atoms with van der Waals surface area (Å²) in [6.45, 7) is 0. The lowest BCUT2D eigenvalue weighted by Gasteiger charge is -2.19. The maximum absolute atomic E-state index is 12.4. The van der Waals surface area contributed by atoms with Crippen LogP contribution in [0.4, 0.5) is 0 Å². The SMILES string of the molecule is O=C(O)CC(NC(=O)c1ccc2c(c1)CCCC2)C1CC1. The van der Waals surface area contributed by atoms with Crippen molar-refractivity contribution in [3.8, 4) is 0 Å². The van der Waals surface area contributed by atoms with Crippen LogP contribution in [-0.2, 0) is 17.6 Å². The van der Waals surface area contributed by atoms with Crippen molar-refractivity contribution in [2.45, 2.75) is 51.0 Å². The molecular formula is C17H21NO3. The van der Waals surface area contributed by atoms with E-state index in [2.05, 4.69) is 5.32 Å². The fraction of sp³-hybridized carbons (Fsp3) is 0.529. The molecule has 3 rings (SSSR count). The summed E-state index contributed by atoms with van der Waals surface area (Å²) in [5.74, 6) is -0.651. The third-order valence-corrected chi connectivity index (χ3v) is 4.51. The number of carbonyl (C=O) groups excluding carboxylic acids is 1. The molecule has 1 unspecified atom stereocenters. The number of benzene rings is 1. The zero-order chi connectivity index (χ0) is 14.8. The third-order valence-electron chi connectivity index (χ3n) is 4.51. The van der Waals surface area contributed by atoms with Crippen LogP contribution in [0.5, 0.6) is 0 Å². The standard InChI is InChI=1S/C17H21NO3/c19-16(20)10-15(12-6-7-12)18-17(21)14-8-5-11-3-1-2-4-13(11)9-14/h5,8-9,12,15H,1-4,6-7,10H2,(H,18,21)(H,19,20). The van der Waals surface area contributed by atoms with Crippen LogP contribution in [-0.4, -0.2) is 23.0 Å². The van der Waals surface area contributed by atoms with Crippen molar-refractivity contribution in [3.63, 3.8) is 0 Å². The van der Waals surface area contributed by atoms with Gasteiger partial charge in [-0.1, -0.05) is 6.07 Å². The van der Waals surface area contributed by atoms with Crippen LogP contribution in [0, 0.1) is 5.92 Å². The number of hydrogen-bond acceptors (Lipinski definition) is 2. The molecule has 0 radical (unpaired) electrons. The maximum Gasteiger partial charge on any atom is 0.305 e. The highest BCUT2D eigenvalue weighted by Crippen LogP contribution is 2.34. The fourth-order valence-electron chi connectivity index (χ4n) is 3.15. The highest BCUT2D eigenvalue weighted by molar-refractivity contribution is 5.95. The molecule has 4 nitrogen and oxygen atoms in total. The van der Waals surface area contributed by atoms with E-state index in [0.717, 1.165) is 25.7 Å². The Morgan fingerprint density at radius 2 is 1.90 bits per heavy atom. The molecule has 4 heteroatoms. The first-order valence-corrected chi connectivity index (χ1v) is 7.78. The zero-order valence-corrected chi connectivity index (χ0v) is 12.1. The molecule has 0 spiro atoms. The number of nitrogens with one attached hydrogen (secondary N) is 1. The van der Waals surface area contributed by atoms with Gasteiger partial charge in [0, 0.05) is 11.6 Å².